The van der Waals surface area contributed by atoms with Gasteiger partial charge in [-0.3, -0.25) is 9.59 Å². The number of carbonyl (C=O) groups is 4. The Labute approximate surface area is 272 Å². The highest BCUT2D eigenvalue weighted by molar-refractivity contribution is 5.92. The number of amides is 3. The molecule has 10 nitrogen and oxygen atoms in total. The first-order valence-corrected chi connectivity index (χ1v) is 15.9. The lowest BCUT2D eigenvalue weighted by Crippen LogP contribution is -2.52. The number of esters is 1. The molecule has 0 saturated carbocycles. The van der Waals surface area contributed by atoms with Crippen molar-refractivity contribution in [2.45, 2.75) is 90.4 Å². The minimum Gasteiger partial charge on any atom is -0.508 e. The average molecular weight is 636 g/mol. The van der Waals surface area contributed by atoms with Gasteiger partial charge in [0.15, 0.2) is 0 Å². The molecule has 1 heterocycles. The summed E-state index contributed by atoms with van der Waals surface area (Å²) in [6.07, 6.45) is 5.48. The first-order chi connectivity index (χ1) is 21.8. The van der Waals surface area contributed by atoms with E-state index in [2.05, 4.69) is 24.5 Å². The first-order valence-electron chi connectivity index (χ1n) is 15.9. The topological polar surface area (TPSA) is 134 Å². The van der Waals surface area contributed by atoms with E-state index in [0.717, 1.165) is 11.1 Å². The van der Waals surface area contributed by atoms with Gasteiger partial charge in [0.1, 0.15) is 23.4 Å². The summed E-state index contributed by atoms with van der Waals surface area (Å²) < 4.78 is 10.4. The summed E-state index contributed by atoms with van der Waals surface area (Å²) in [4.78, 5) is 54.6. The minimum absolute atomic E-state index is 0.0952. The average Bonchev–Trinajstić information content (AvgIpc) is 3.48. The number of likely N-dealkylation sites (tertiary alicyclic amines) is 1. The van der Waals surface area contributed by atoms with Crippen LogP contribution in [0.2, 0.25) is 0 Å². The Hall–Kier alpha value is -4.34. The summed E-state index contributed by atoms with van der Waals surface area (Å²) in [5.74, 6) is -1.46. The van der Waals surface area contributed by atoms with Gasteiger partial charge in [-0.15, -0.1) is 0 Å². The molecule has 0 aromatic heterocycles. The van der Waals surface area contributed by atoms with E-state index >= 15 is 0 Å². The zero-order valence-electron chi connectivity index (χ0n) is 27.8. The number of aromatic hydroxyl groups is 1. The number of methoxy groups -OCH3 is 1. The molecule has 0 radical (unpaired) electrons. The summed E-state index contributed by atoms with van der Waals surface area (Å²) in [7, 11) is 1.26. The summed E-state index contributed by atoms with van der Waals surface area (Å²) in [6.45, 7) is 9.93. The molecule has 0 unspecified atom stereocenters. The standard InChI is InChI=1S/C36H49N3O7/c1-24(2)21-28(37-35(44)46-36(3,4)5)17-16-27(22-25-11-8-7-9-12-25)33(42)39-20-10-13-31(39)32(41)38-30(34(43)45-6)23-26-14-18-29(40)19-15-26/h7-9,11-12,14-19,24,27-28,30-31,40H,10,13,20-23H2,1-6H3,(H,37,44)(H,38,41)/b17-16+/t27-,28-,30+,31+/m1/s1. The van der Waals surface area contributed by atoms with Gasteiger partial charge in [-0.25, -0.2) is 9.59 Å². The second kappa shape index (κ2) is 16.8. The highest BCUT2D eigenvalue weighted by Crippen LogP contribution is 2.24. The Morgan fingerprint density at radius 2 is 1.61 bits per heavy atom. The Kier molecular flexibility index (Phi) is 13.2. The molecule has 0 bridgehead atoms. The van der Waals surface area contributed by atoms with Crippen LogP contribution in [-0.2, 0) is 36.7 Å². The molecule has 10 heteroatoms. The molecule has 0 aliphatic carbocycles. The van der Waals surface area contributed by atoms with E-state index in [1.807, 2.05) is 42.5 Å². The van der Waals surface area contributed by atoms with Crippen LogP contribution < -0.4 is 10.6 Å². The normalized spacial score (nSPS) is 16.9. The Morgan fingerprint density at radius 1 is 0.957 bits per heavy atom. The lowest BCUT2D eigenvalue weighted by molar-refractivity contribution is -0.146. The summed E-state index contributed by atoms with van der Waals surface area (Å²) >= 11 is 0. The van der Waals surface area contributed by atoms with Crippen molar-refractivity contribution in [2.24, 2.45) is 11.8 Å². The fraction of sp³-hybridized carbons (Fsp3) is 0.500. The maximum atomic E-state index is 14.2. The number of ether oxygens (including phenoxy) is 2. The first kappa shape index (κ1) is 36.1. The van der Waals surface area contributed by atoms with Crippen LogP contribution in [0.25, 0.3) is 0 Å². The van der Waals surface area contributed by atoms with Gasteiger partial charge >= 0.3 is 12.1 Å². The van der Waals surface area contributed by atoms with Crippen LogP contribution in [0.5, 0.6) is 5.75 Å². The van der Waals surface area contributed by atoms with Crippen molar-refractivity contribution in [3.63, 3.8) is 0 Å². The maximum Gasteiger partial charge on any atom is 0.408 e. The van der Waals surface area contributed by atoms with Gasteiger partial charge in [0, 0.05) is 13.0 Å². The van der Waals surface area contributed by atoms with E-state index in [0.29, 0.717) is 32.2 Å². The van der Waals surface area contributed by atoms with Gasteiger partial charge in [0.25, 0.3) is 0 Å². The predicted molar refractivity (Wildman–Crippen MR) is 176 cm³/mol. The van der Waals surface area contributed by atoms with E-state index in [1.54, 1.807) is 37.8 Å². The van der Waals surface area contributed by atoms with Crippen molar-refractivity contribution >= 4 is 23.9 Å². The number of hydrogen-bond donors (Lipinski definition) is 3. The summed E-state index contributed by atoms with van der Waals surface area (Å²) in [6, 6.07) is 14.0. The molecule has 1 saturated heterocycles. The smallest absolute Gasteiger partial charge is 0.408 e. The number of benzene rings is 2. The predicted octanol–water partition coefficient (Wildman–Crippen LogP) is 4.94. The number of hydrogen-bond acceptors (Lipinski definition) is 7. The Bertz CT molecular complexity index is 1340. The van der Waals surface area contributed by atoms with Crippen LogP contribution in [0.1, 0.15) is 65.0 Å². The third-order valence-corrected chi connectivity index (χ3v) is 7.64. The van der Waals surface area contributed by atoms with E-state index in [4.69, 9.17) is 9.47 Å². The molecule has 0 spiro atoms. The highest BCUT2D eigenvalue weighted by Gasteiger charge is 2.38. The van der Waals surface area contributed by atoms with Gasteiger partial charge in [0.2, 0.25) is 11.8 Å². The molecule has 4 atom stereocenters. The van der Waals surface area contributed by atoms with Crippen LogP contribution in [-0.4, -0.2) is 71.3 Å². The number of nitrogens with zero attached hydrogens (tertiary/aromatic N) is 1. The second-order valence-electron chi connectivity index (χ2n) is 13.2. The van der Waals surface area contributed by atoms with Crippen molar-refractivity contribution in [1.29, 1.82) is 0 Å². The van der Waals surface area contributed by atoms with Gasteiger partial charge in [-0.2, -0.15) is 0 Å². The SMILES string of the molecule is COC(=O)[C@H](Cc1ccc(O)cc1)NC(=O)[C@@H]1CCCN1C(=O)[C@H](/C=C/[C@H](CC(C)C)NC(=O)OC(C)(C)C)Cc1ccccc1. The van der Waals surface area contributed by atoms with Crippen molar-refractivity contribution in [3.05, 3.63) is 77.9 Å². The van der Waals surface area contributed by atoms with Crippen molar-refractivity contribution < 1.29 is 33.8 Å². The van der Waals surface area contributed by atoms with Crippen molar-refractivity contribution in [3.8, 4) is 5.75 Å². The number of phenolic OH excluding ortho intramolecular Hbond substituents is 1. The molecule has 46 heavy (non-hydrogen) atoms. The van der Waals surface area contributed by atoms with Gasteiger partial charge in [-0.05, 0) is 75.6 Å². The fourth-order valence-electron chi connectivity index (χ4n) is 5.51. The third-order valence-electron chi connectivity index (χ3n) is 7.64. The zero-order chi connectivity index (χ0) is 33.9. The summed E-state index contributed by atoms with van der Waals surface area (Å²) in [5, 5.41) is 15.3. The van der Waals surface area contributed by atoms with Gasteiger partial charge in [-0.1, -0.05) is 68.5 Å². The highest BCUT2D eigenvalue weighted by atomic mass is 16.6. The van der Waals surface area contributed by atoms with Crippen LogP contribution >= 0.6 is 0 Å². The lowest BCUT2D eigenvalue weighted by atomic mass is 9.94. The van der Waals surface area contributed by atoms with E-state index in [9.17, 15) is 24.3 Å². The molecular weight excluding hydrogens is 586 g/mol. The van der Waals surface area contributed by atoms with E-state index in [1.165, 1.54) is 19.2 Å². The third kappa shape index (κ3) is 11.5. The number of alkyl carbamates (subject to hydrolysis) is 1. The monoisotopic (exact) mass is 635 g/mol. The van der Waals surface area contributed by atoms with E-state index in [-0.39, 0.29) is 30.0 Å². The van der Waals surface area contributed by atoms with Crippen LogP contribution in [0.4, 0.5) is 4.79 Å². The van der Waals surface area contributed by atoms with Crippen molar-refractivity contribution in [1.82, 2.24) is 15.5 Å². The largest absolute Gasteiger partial charge is 0.508 e. The molecule has 3 amide bonds. The number of phenols is 1. The lowest BCUT2D eigenvalue weighted by Gasteiger charge is -2.29. The molecule has 3 rings (SSSR count). The van der Waals surface area contributed by atoms with Crippen molar-refractivity contribution in [2.75, 3.05) is 13.7 Å². The van der Waals surface area contributed by atoms with Crippen LogP contribution in [0.15, 0.2) is 66.7 Å². The van der Waals surface area contributed by atoms with E-state index < -0.39 is 41.6 Å². The quantitative estimate of drug-likeness (QED) is 0.210. The maximum absolute atomic E-state index is 14.2. The molecule has 250 valence electrons. The zero-order valence-corrected chi connectivity index (χ0v) is 27.8. The Morgan fingerprint density at radius 3 is 2.22 bits per heavy atom. The molecule has 2 aromatic rings. The summed E-state index contributed by atoms with van der Waals surface area (Å²) in [5.41, 5.74) is 1.05. The molecule has 1 fully saturated rings. The Balaban J connectivity index is 1.82. The number of carbonyl (C=O) groups excluding carboxylic acids is 4. The van der Waals surface area contributed by atoms with Crippen LogP contribution in [0.3, 0.4) is 0 Å². The second-order valence-corrected chi connectivity index (χ2v) is 13.2. The molecule has 3 N–H and O–H groups in total. The molecule has 1 aliphatic heterocycles. The number of rotatable bonds is 13. The molecule has 1 aliphatic rings. The molecular formula is C36H49N3O7. The van der Waals surface area contributed by atoms with Gasteiger partial charge in [0.05, 0.1) is 19.1 Å². The number of nitrogens with one attached hydrogen (secondary N) is 2. The molecule has 2 aromatic carbocycles. The minimum atomic E-state index is -0.963. The van der Waals surface area contributed by atoms with Gasteiger partial charge < -0.3 is 30.1 Å². The fourth-order valence-corrected chi connectivity index (χ4v) is 5.51. The van der Waals surface area contributed by atoms with Crippen LogP contribution in [0, 0.1) is 11.8 Å².